The minimum Gasteiger partial charge on any atom is -0.402 e. The van der Waals surface area contributed by atoms with E-state index >= 15 is 0 Å². The second-order valence-corrected chi connectivity index (χ2v) is 7.00. The van der Waals surface area contributed by atoms with Crippen molar-refractivity contribution in [3.8, 4) is 0 Å². The fraction of sp³-hybridized carbons (Fsp3) is 0.765. The summed E-state index contributed by atoms with van der Waals surface area (Å²) < 4.78 is 0. The van der Waals surface area contributed by atoms with E-state index in [1.807, 2.05) is 0 Å². The topological polar surface area (TPSA) is 26.0 Å². The SMILES string of the molecule is CCC1CCC/C1=C(/C1=C(N)CCC1)C(C)(C)C. The van der Waals surface area contributed by atoms with Crippen molar-refractivity contribution in [2.75, 3.05) is 0 Å². The van der Waals surface area contributed by atoms with Crippen LogP contribution in [0.2, 0.25) is 0 Å². The molecule has 0 saturated heterocycles. The normalized spacial score (nSPS) is 28.1. The van der Waals surface area contributed by atoms with Crippen molar-refractivity contribution in [3.63, 3.8) is 0 Å². The Balaban J connectivity index is 2.50. The first-order chi connectivity index (χ1) is 8.45. The zero-order chi connectivity index (χ0) is 13.3. The van der Waals surface area contributed by atoms with Crippen LogP contribution in [0.4, 0.5) is 0 Å². The van der Waals surface area contributed by atoms with Crippen LogP contribution in [0.25, 0.3) is 0 Å². The van der Waals surface area contributed by atoms with Crippen LogP contribution in [0, 0.1) is 11.3 Å². The van der Waals surface area contributed by atoms with Gasteiger partial charge >= 0.3 is 0 Å². The van der Waals surface area contributed by atoms with Crippen molar-refractivity contribution in [3.05, 3.63) is 22.4 Å². The summed E-state index contributed by atoms with van der Waals surface area (Å²) in [6.45, 7) is 9.42. The first-order valence-corrected chi connectivity index (χ1v) is 7.66. The molecule has 1 unspecified atom stereocenters. The monoisotopic (exact) mass is 247 g/mol. The highest BCUT2D eigenvalue weighted by Crippen LogP contribution is 2.46. The lowest BCUT2D eigenvalue weighted by atomic mass is 9.75. The van der Waals surface area contributed by atoms with Crippen LogP contribution in [-0.4, -0.2) is 0 Å². The fourth-order valence-corrected chi connectivity index (χ4v) is 3.88. The van der Waals surface area contributed by atoms with Crippen molar-refractivity contribution in [2.24, 2.45) is 17.1 Å². The van der Waals surface area contributed by atoms with Crippen molar-refractivity contribution < 1.29 is 0 Å². The van der Waals surface area contributed by atoms with Gasteiger partial charge in [0.15, 0.2) is 0 Å². The van der Waals surface area contributed by atoms with Gasteiger partial charge in [-0.3, -0.25) is 0 Å². The molecule has 1 atom stereocenters. The Bertz CT molecular complexity index is 379. The molecule has 2 rings (SSSR count). The van der Waals surface area contributed by atoms with E-state index in [2.05, 4.69) is 27.7 Å². The highest BCUT2D eigenvalue weighted by atomic mass is 14.6. The third-order valence-electron chi connectivity index (χ3n) is 4.62. The van der Waals surface area contributed by atoms with Gasteiger partial charge < -0.3 is 5.73 Å². The molecule has 0 aliphatic heterocycles. The molecule has 0 aromatic carbocycles. The van der Waals surface area contributed by atoms with Crippen LogP contribution in [0.3, 0.4) is 0 Å². The molecule has 2 aliphatic rings. The minimum absolute atomic E-state index is 0.247. The summed E-state index contributed by atoms with van der Waals surface area (Å²) in [5.74, 6) is 0.820. The summed E-state index contributed by atoms with van der Waals surface area (Å²) in [7, 11) is 0. The second-order valence-electron chi connectivity index (χ2n) is 7.00. The van der Waals surface area contributed by atoms with Gasteiger partial charge in [-0.05, 0) is 67.4 Å². The Kier molecular flexibility index (Phi) is 3.89. The Labute approximate surface area is 113 Å². The molecule has 0 aromatic rings. The summed E-state index contributed by atoms with van der Waals surface area (Å²) in [6, 6.07) is 0. The Morgan fingerprint density at radius 3 is 2.39 bits per heavy atom. The molecule has 0 aromatic heterocycles. The fourth-order valence-electron chi connectivity index (χ4n) is 3.88. The predicted octanol–water partition coefficient (Wildman–Crippen LogP) is 4.94. The van der Waals surface area contributed by atoms with Crippen molar-refractivity contribution in [1.29, 1.82) is 0 Å². The van der Waals surface area contributed by atoms with E-state index in [1.165, 1.54) is 49.8 Å². The maximum absolute atomic E-state index is 6.28. The molecular weight excluding hydrogens is 218 g/mol. The molecule has 0 heterocycles. The van der Waals surface area contributed by atoms with E-state index in [-0.39, 0.29) is 5.41 Å². The van der Waals surface area contributed by atoms with Gasteiger partial charge in [-0.2, -0.15) is 0 Å². The van der Waals surface area contributed by atoms with Gasteiger partial charge in [0.2, 0.25) is 0 Å². The molecule has 18 heavy (non-hydrogen) atoms. The molecule has 1 nitrogen and oxygen atoms in total. The van der Waals surface area contributed by atoms with E-state index in [4.69, 9.17) is 5.73 Å². The average molecular weight is 247 g/mol. The Morgan fingerprint density at radius 1 is 1.17 bits per heavy atom. The first kappa shape index (κ1) is 13.7. The standard InChI is InChI=1S/C17H29N/c1-5-12-8-6-9-13(12)16(17(2,3)4)14-10-7-11-15(14)18/h12H,5-11,18H2,1-4H3/b16-13+. The van der Waals surface area contributed by atoms with Crippen LogP contribution in [0.5, 0.6) is 0 Å². The Hall–Kier alpha value is -0.720. The third kappa shape index (κ3) is 2.50. The van der Waals surface area contributed by atoms with Crippen molar-refractivity contribution in [1.82, 2.24) is 0 Å². The molecule has 0 spiro atoms. The number of hydrogen-bond donors (Lipinski definition) is 1. The lowest BCUT2D eigenvalue weighted by Crippen LogP contribution is -2.17. The maximum Gasteiger partial charge on any atom is 0.0116 e. The smallest absolute Gasteiger partial charge is 0.0116 e. The van der Waals surface area contributed by atoms with Gasteiger partial charge in [-0.15, -0.1) is 0 Å². The predicted molar refractivity (Wildman–Crippen MR) is 79.2 cm³/mol. The third-order valence-corrected chi connectivity index (χ3v) is 4.62. The van der Waals surface area contributed by atoms with Gasteiger partial charge in [0, 0.05) is 5.70 Å². The zero-order valence-electron chi connectivity index (χ0n) is 12.6. The molecule has 102 valence electrons. The van der Waals surface area contributed by atoms with Crippen LogP contribution in [-0.2, 0) is 0 Å². The average Bonchev–Trinajstić information content (AvgIpc) is 2.87. The summed E-state index contributed by atoms with van der Waals surface area (Å²) in [5.41, 5.74) is 12.6. The van der Waals surface area contributed by atoms with E-state index in [0.29, 0.717) is 0 Å². The van der Waals surface area contributed by atoms with E-state index in [0.717, 1.165) is 12.3 Å². The summed E-state index contributed by atoms with van der Waals surface area (Å²) in [5, 5.41) is 0. The quantitative estimate of drug-likeness (QED) is 0.735. The van der Waals surface area contributed by atoms with Crippen LogP contribution < -0.4 is 5.73 Å². The molecule has 1 fully saturated rings. The van der Waals surface area contributed by atoms with Crippen molar-refractivity contribution >= 4 is 0 Å². The van der Waals surface area contributed by atoms with Crippen LogP contribution in [0.15, 0.2) is 22.4 Å². The summed E-state index contributed by atoms with van der Waals surface area (Å²) >= 11 is 0. The zero-order valence-corrected chi connectivity index (χ0v) is 12.6. The summed E-state index contributed by atoms with van der Waals surface area (Å²) in [4.78, 5) is 0. The van der Waals surface area contributed by atoms with Crippen molar-refractivity contribution in [2.45, 2.75) is 72.6 Å². The first-order valence-electron chi connectivity index (χ1n) is 7.66. The van der Waals surface area contributed by atoms with Gasteiger partial charge in [0.1, 0.15) is 0 Å². The number of hydrogen-bond acceptors (Lipinski definition) is 1. The van der Waals surface area contributed by atoms with Crippen LogP contribution in [0.1, 0.15) is 72.6 Å². The molecule has 2 N–H and O–H groups in total. The number of allylic oxidation sites excluding steroid dienone is 4. The summed E-state index contributed by atoms with van der Waals surface area (Å²) in [6.07, 6.45) is 8.94. The lowest BCUT2D eigenvalue weighted by Gasteiger charge is -2.30. The maximum atomic E-state index is 6.28. The molecule has 1 saturated carbocycles. The lowest BCUT2D eigenvalue weighted by molar-refractivity contribution is 0.486. The van der Waals surface area contributed by atoms with E-state index in [9.17, 15) is 0 Å². The van der Waals surface area contributed by atoms with Gasteiger partial charge in [-0.1, -0.05) is 33.3 Å². The number of rotatable bonds is 2. The van der Waals surface area contributed by atoms with Gasteiger partial charge in [0.05, 0.1) is 0 Å². The minimum atomic E-state index is 0.247. The number of nitrogens with two attached hydrogens (primary N) is 1. The molecule has 0 radical (unpaired) electrons. The van der Waals surface area contributed by atoms with E-state index in [1.54, 1.807) is 11.1 Å². The highest BCUT2D eigenvalue weighted by Gasteiger charge is 2.32. The molecule has 0 bridgehead atoms. The molecule has 2 aliphatic carbocycles. The van der Waals surface area contributed by atoms with Gasteiger partial charge in [0.25, 0.3) is 0 Å². The van der Waals surface area contributed by atoms with E-state index < -0.39 is 0 Å². The largest absolute Gasteiger partial charge is 0.402 e. The second kappa shape index (κ2) is 5.11. The molecule has 1 heteroatoms. The highest BCUT2D eigenvalue weighted by molar-refractivity contribution is 5.45. The van der Waals surface area contributed by atoms with Crippen LogP contribution >= 0.6 is 0 Å². The molecule has 0 amide bonds. The Morgan fingerprint density at radius 2 is 1.89 bits per heavy atom. The van der Waals surface area contributed by atoms with Gasteiger partial charge in [-0.25, -0.2) is 0 Å². The molecular formula is C17H29N.